The molecule has 15 heavy (non-hydrogen) atoms. The molecule has 2 rings (SSSR count). The van der Waals surface area contributed by atoms with Crippen molar-refractivity contribution in [2.45, 2.75) is 38.3 Å². The second-order valence-electron chi connectivity index (χ2n) is 4.20. The lowest BCUT2D eigenvalue weighted by Gasteiger charge is -2.15. The Balaban J connectivity index is 2.38. The molecule has 1 fully saturated rings. The lowest BCUT2D eigenvalue weighted by atomic mass is 9.90. The summed E-state index contributed by atoms with van der Waals surface area (Å²) < 4.78 is 13.6. The van der Waals surface area contributed by atoms with Crippen LogP contribution in [0.15, 0.2) is 24.3 Å². The van der Waals surface area contributed by atoms with Crippen LogP contribution >= 0.6 is 0 Å². The summed E-state index contributed by atoms with van der Waals surface area (Å²) in [5.41, 5.74) is 1.59. The highest BCUT2D eigenvalue weighted by molar-refractivity contribution is 5.95. The maximum Gasteiger partial charge on any atom is 0.160 e. The van der Waals surface area contributed by atoms with Gasteiger partial charge in [-0.2, -0.15) is 0 Å². The minimum Gasteiger partial charge on any atom is -0.295 e. The zero-order chi connectivity index (χ0) is 10.8. The molecule has 1 nitrogen and oxygen atoms in total. The van der Waals surface area contributed by atoms with Gasteiger partial charge in [0.05, 0.1) is 0 Å². The van der Waals surface area contributed by atoms with E-state index in [1.54, 1.807) is 13.0 Å². The number of carbonyl (C=O) groups excluding carboxylic acids is 1. The Hall–Kier alpha value is -1.18. The first-order chi connectivity index (χ1) is 7.20. The maximum atomic E-state index is 13.6. The molecule has 0 N–H and O–H groups in total. The summed E-state index contributed by atoms with van der Waals surface area (Å²) in [5, 5.41) is 0. The molecule has 0 amide bonds. The van der Waals surface area contributed by atoms with Crippen LogP contribution in [0.2, 0.25) is 0 Å². The van der Waals surface area contributed by atoms with Gasteiger partial charge in [0.1, 0.15) is 6.17 Å². The Morgan fingerprint density at radius 1 is 1.33 bits per heavy atom. The van der Waals surface area contributed by atoms with E-state index >= 15 is 0 Å². The summed E-state index contributed by atoms with van der Waals surface area (Å²) in [4.78, 5) is 11.4. The number of hydrogen-bond acceptors (Lipinski definition) is 1. The normalized spacial score (nSPS) is 25.5. The quantitative estimate of drug-likeness (QED) is 0.677. The van der Waals surface area contributed by atoms with Crippen LogP contribution in [0.25, 0.3) is 0 Å². The highest BCUT2D eigenvalue weighted by Gasteiger charge is 2.30. The molecule has 0 saturated heterocycles. The summed E-state index contributed by atoms with van der Waals surface area (Å²) in [6, 6.07) is 7.40. The van der Waals surface area contributed by atoms with Gasteiger partial charge in [-0.15, -0.1) is 0 Å². The van der Waals surface area contributed by atoms with Crippen molar-refractivity contribution in [2.24, 2.45) is 0 Å². The molecule has 2 atom stereocenters. The predicted molar refractivity (Wildman–Crippen MR) is 57.9 cm³/mol. The number of benzene rings is 1. The van der Waals surface area contributed by atoms with Crippen LogP contribution in [0.4, 0.5) is 4.39 Å². The maximum absolute atomic E-state index is 13.6. The highest BCUT2D eigenvalue weighted by atomic mass is 19.1. The van der Waals surface area contributed by atoms with Crippen molar-refractivity contribution >= 4 is 5.78 Å². The van der Waals surface area contributed by atoms with Crippen LogP contribution < -0.4 is 0 Å². The first-order valence-electron chi connectivity index (χ1n) is 5.44. The summed E-state index contributed by atoms with van der Waals surface area (Å²) in [5.74, 6) is -0.0326. The van der Waals surface area contributed by atoms with Gasteiger partial charge in [0.15, 0.2) is 5.78 Å². The molecular formula is C13H15FO. The van der Waals surface area contributed by atoms with Gasteiger partial charge in [0, 0.05) is 11.5 Å². The highest BCUT2D eigenvalue weighted by Crippen LogP contribution is 2.38. The lowest BCUT2D eigenvalue weighted by molar-refractivity contribution is 0.101. The summed E-state index contributed by atoms with van der Waals surface area (Å²) >= 11 is 0. The Morgan fingerprint density at radius 2 is 2.07 bits per heavy atom. The topological polar surface area (TPSA) is 17.1 Å². The number of alkyl halides is 1. The van der Waals surface area contributed by atoms with Gasteiger partial charge < -0.3 is 0 Å². The monoisotopic (exact) mass is 206 g/mol. The molecule has 1 aliphatic rings. The SMILES string of the molecule is CC(=O)c1ccccc1C1CCCC1F. The fourth-order valence-corrected chi connectivity index (χ4v) is 2.41. The van der Waals surface area contributed by atoms with Gasteiger partial charge in [-0.3, -0.25) is 4.79 Å². The van der Waals surface area contributed by atoms with E-state index in [-0.39, 0.29) is 11.7 Å². The van der Waals surface area contributed by atoms with Crippen molar-refractivity contribution in [1.29, 1.82) is 0 Å². The average molecular weight is 206 g/mol. The summed E-state index contributed by atoms with van der Waals surface area (Å²) in [6.07, 6.45) is 1.66. The Bertz CT molecular complexity index is 373. The zero-order valence-electron chi connectivity index (χ0n) is 8.87. The largest absolute Gasteiger partial charge is 0.295 e. The molecule has 2 unspecified atom stereocenters. The summed E-state index contributed by atoms with van der Waals surface area (Å²) in [6.45, 7) is 1.54. The molecule has 0 radical (unpaired) electrons. The number of ketones is 1. The van der Waals surface area contributed by atoms with Crippen molar-refractivity contribution in [3.8, 4) is 0 Å². The van der Waals surface area contributed by atoms with E-state index in [2.05, 4.69) is 0 Å². The van der Waals surface area contributed by atoms with E-state index < -0.39 is 6.17 Å². The fraction of sp³-hybridized carbons (Fsp3) is 0.462. The number of halogens is 1. The predicted octanol–water partition coefficient (Wildman–Crippen LogP) is 3.49. The van der Waals surface area contributed by atoms with Crippen molar-refractivity contribution in [3.05, 3.63) is 35.4 Å². The summed E-state index contributed by atoms with van der Waals surface area (Å²) in [7, 11) is 0. The molecule has 0 bridgehead atoms. The molecule has 1 aromatic rings. The Kier molecular flexibility index (Phi) is 2.85. The third-order valence-electron chi connectivity index (χ3n) is 3.17. The van der Waals surface area contributed by atoms with Gasteiger partial charge in [-0.05, 0) is 31.7 Å². The number of Topliss-reactive ketones (excluding diaryl/α,β-unsaturated/α-hetero) is 1. The first-order valence-corrected chi connectivity index (χ1v) is 5.44. The van der Waals surface area contributed by atoms with Crippen molar-refractivity contribution < 1.29 is 9.18 Å². The molecule has 0 aliphatic heterocycles. The molecule has 0 aromatic heterocycles. The van der Waals surface area contributed by atoms with Gasteiger partial charge in [0.25, 0.3) is 0 Å². The van der Waals surface area contributed by atoms with E-state index in [4.69, 9.17) is 0 Å². The van der Waals surface area contributed by atoms with E-state index in [9.17, 15) is 9.18 Å². The smallest absolute Gasteiger partial charge is 0.160 e. The van der Waals surface area contributed by atoms with Gasteiger partial charge in [-0.1, -0.05) is 24.3 Å². The third kappa shape index (κ3) is 1.94. The minimum atomic E-state index is -0.773. The first kappa shape index (κ1) is 10.3. The van der Waals surface area contributed by atoms with E-state index in [1.165, 1.54) is 0 Å². The molecule has 0 spiro atoms. The second kappa shape index (κ2) is 4.13. The van der Waals surface area contributed by atoms with Crippen molar-refractivity contribution in [2.75, 3.05) is 0 Å². The molecule has 2 heteroatoms. The van der Waals surface area contributed by atoms with Crippen LogP contribution in [0.1, 0.15) is 48.0 Å². The molecule has 1 aromatic carbocycles. The molecule has 1 aliphatic carbocycles. The number of hydrogen-bond donors (Lipinski definition) is 0. The molecule has 80 valence electrons. The Labute approximate surface area is 89.3 Å². The second-order valence-corrected chi connectivity index (χ2v) is 4.20. The Morgan fingerprint density at radius 3 is 2.67 bits per heavy atom. The zero-order valence-corrected chi connectivity index (χ0v) is 8.87. The van der Waals surface area contributed by atoms with Crippen LogP contribution in [0.3, 0.4) is 0 Å². The van der Waals surface area contributed by atoms with Gasteiger partial charge in [0.2, 0.25) is 0 Å². The fourth-order valence-electron chi connectivity index (χ4n) is 2.41. The van der Waals surface area contributed by atoms with Crippen molar-refractivity contribution in [3.63, 3.8) is 0 Å². The van der Waals surface area contributed by atoms with E-state index in [0.29, 0.717) is 12.0 Å². The van der Waals surface area contributed by atoms with Crippen LogP contribution in [-0.2, 0) is 0 Å². The van der Waals surface area contributed by atoms with Crippen molar-refractivity contribution in [1.82, 2.24) is 0 Å². The van der Waals surface area contributed by atoms with Gasteiger partial charge in [-0.25, -0.2) is 4.39 Å². The number of carbonyl (C=O) groups is 1. The molecular weight excluding hydrogens is 191 g/mol. The van der Waals surface area contributed by atoms with Crippen LogP contribution in [0.5, 0.6) is 0 Å². The van der Waals surface area contributed by atoms with Crippen LogP contribution in [-0.4, -0.2) is 12.0 Å². The lowest BCUT2D eigenvalue weighted by Crippen LogP contribution is -2.10. The molecule has 0 heterocycles. The van der Waals surface area contributed by atoms with E-state index in [0.717, 1.165) is 18.4 Å². The standard InChI is InChI=1S/C13H15FO/c1-9(15)10-5-2-3-6-11(10)12-7-4-8-13(12)14/h2-3,5-6,12-13H,4,7-8H2,1H3. The minimum absolute atomic E-state index is 0.0321. The van der Waals surface area contributed by atoms with E-state index in [1.807, 2.05) is 18.2 Å². The van der Waals surface area contributed by atoms with Crippen LogP contribution in [0, 0.1) is 0 Å². The third-order valence-corrected chi connectivity index (χ3v) is 3.17. The molecule has 1 saturated carbocycles. The number of rotatable bonds is 2. The average Bonchev–Trinajstić information content (AvgIpc) is 2.64. The van der Waals surface area contributed by atoms with Gasteiger partial charge >= 0.3 is 0 Å².